The van der Waals surface area contributed by atoms with Gasteiger partial charge in [0.15, 0.2) is 0 Å². The van der Waals surface area contributed by atoms with Crippen LogP contribution in [0.2, 0.25) is 0 Å². The first-order chi connectivity index (χ1) is 0. The summed E-state index contributed by atoms with van der Waals surface area (Å²) in [7, 11) is 0. The molecular weight excluding hydrogens is 383 g/mol. The molecule has 0 aliphatic rings. The van der Waals surface area contributed by atoms with Crippen molar-refractivity contribution in [3.8, 4) is 0 Å². The Bertz CT molecular complexity index is 20.5. The molecule has 0 aromatic rings. The van der Waals surface area contributed by atoms with E-state index in [0.29, 0.717) is 0 Å². The summed E-state index contributed by atoms with van der Waals surface area (Å²) in [5.74, 6) is 0. The molecule has 0 aromatic carbocycles. The van der Waals surface area contributed by atoms with Crippen molar-refractivity contribution in [2.24, 2.45) is 0 Å². The van der Waals surface area contributed by atoms with Crippen LogP contribution in [-0.4, -0.2) is 80.6 Å². The average molecular weight is 390 g/mol. The van der Waals surface area contributed by atoms with Crippen LogP contribution >= 0.6 is 0 Å². The van der Waals surface area contributed by atoms with Crippen molar-refractivity contribution in [3.63, 3.8) is 0 Å². The standard InChI is InChI=1S/Ca.Ga.Gd.Mg.Zr.7H/q+2;;;+2;;;;;4*-1. The minimum Gasteiger partial charge on any atom is -1.00 e. The van der Waals surface area contributed by atoms with Crippen LogP contribution in [0.25, 0.3) is 0 Å². The normalized spacial score (nSPS) is 0. The van der Waals surface area contributed by atoms with Crippen LogP contribution in [0.15, 0.2) is 0 Å². The van der Waals surface area contributed by atoms with Gasteiger partial charge in [0.2, 0.25) is 0 Å². The van der Waals surface area contributed by atoms with E-state index in [1.54, 1.807) is 0 Å². The summed E-state index contributed by atoms with van der Waals surface area (Å²) in [6.45, 7) is 0. The summed E-state index contributed by atoms with van der Waals surface area (Å²) in [5, 5.41) is 0. The maximum Gasteiger partial charge on any atom is 2.00 e. The predicted octanol–water partition coefficient (Wildman–Crippen LogP) is -1.50. The summed E-state index contributed by atoms with van der Waals surface area (Å²) in [5.41, 5.74) is 0. The minimum atomic E-state index is 0. The fourth-order valence-electron chi connectivity index (χ4n) is 0. The Hall–Kier alpha value is 4.87. The fourth-order valence-corrected chi connectivity index (χ4v) is 0. The van der Waals surface area contributed by atoms with E-state index in [9.17, 15) is 0 Å². The van der Waals surface area contributed by atoms with Gasteiger partial charge in [-0.15, -0.1) is 0 Å². The van der Waals surface area contributed by atoms with Gasteiger partial charge in [-0.05, 0) is 0 Å². The first-order valence-corrected chi connectivity index (χ1v) is 0. The Morgan fingerprint density at radius 2 is 1.20 bits per heavy atom. The molecule has 0 atom stereocenters. The molecular formula is H7CaGaGdMgZr. The zero-order valence-corrected chi connectivity index (χ0v) is 10.6. The number of rotatable bonds is 0. The largest absolute Gasteiger partial charge is 2.00 e. The van der Waals surface area contributed by atoms with Crippen molar-refractivity contribution < 1.29 is 71.9 Å². The van der Waals surface area contributed by atoms with E-state index in [-0.39, 0.29) is 152 Å². The van der Waals surface area contributed by atoms with Crippen molar-refractivity contribution in [2.75, 3.05) is 0 Å². The second kappa shape index (κ2) is 23.2. The van der Waals surface area contributed by atoms with Gasteiger partial charge in [-0.3, -0.25) is 0 Å². The molecule has 5 heavy (non-hydrogen) atoms. The number of hydrogen-bond donors (Lipinski definition) is 0. The van der Waals surface area contributed by atoms with Crippen LogP contribution in [-0.2, 0) is 26.2 Å². The summed E-state index contributed by atoms with van der Waals surface area (Å²) < 4.78 is 0. The molecule has 0 aliphatic heterocycles. The molecule has 0 rings (SSSR count). The van der Waals surface area contributed by atoms with Crippen molar-refractivity contribution in [2.45, 2.75) is 0 Å². The molecule has 5 heteroatoms. The van der Waals surface area contributed by atoms with Crippen molar-refractivity contribution in [3.05, 3.63) is 0 Å². The zero-order chi connectivity index (χ0) is 0. The third-order valence-corrected chi connectivity index (χ3v) is 0. The van der Waals surface area contributed by atoms with E-state index in [1.807, 2.05) is 0 Å². The van der Waals surface area contributed by atoms with Gasteiger partial charge in [0.05, 0.1) is 0 Å². The zero-order valence-electron chi connectivity index (χ0n) is 6.27. The van der Waals surface area contributed by atoms with Crippen molar-refractivity contribution >= 4 is 80.6 Å². The maximum atomic E-state index is 0. The molecule has 26 valence electrons. The smallest absolute Gasteiger partial charge is 1.00 e. The second-order valence-electron chi connectivity index (χ2n) is 0. The third kappa shape index (κ3) is 17.7. The van der Waals surface area contributed by atoms with E-state index in [0.717, 1.165) is 0 Å². The van der Waals surface area contributed by atoms with Gasteiger partial charge in [-0.25, -0.2) is 0 Å². The van der Waals surface area contributed by atoms with Crippen LogP contribution in [0, 0.1) is 39.9 Å². The van der Waals surface area contributed by atoms with Crippen LogP contribution in [0.3, 0.4) is 0 Å². The molecule has 0 saturated heterocycles. The van der Waals surface area contributed by atoms with Crippen LogP contribution in [0.1, 0.15) is 5.71 Å². The molecule has 0 unspecified atom stereocenters. The first-order valence-electron chi connectivity index (χ1n) is 0. The SMILES string of the molecule is [Ca+2].[GaH3].[Gd].[H-].[H-].[H-].[H-].[Mg+2].[Zr]. The topological polar surface area (TPSA) is 0 Å². The summed E-state index contributed by atoms with van der Waals surface area (Å²) >= 11 is 0. The second-order valence-corrected chi connectivity index (χ2v) is 0. The predicted molar refractivity (Wildman–Crippen MR) is 25.9 cm³/mol. The molecule has 0 spiro atoms. The Balaban J connectivity index is 0. The Labute approximate surface area is 148 Å². The van der Waals surface area contributed by atoms with Gasteiger partial charge in [0, 0.05) is 66.1 Å². The molecule has 0 radical (unpaired) electrons. The Morgan fingerprint density at radius 1 is 1.20 bits per heavy atom. The van der Waals surface area contributed by atoms with E-state index in [4.69, 9.17) is 0 Å². The molecule has 0 amide bonds. The Kier molecular flexibility index (Phi) is 152. The van der Waals surface area contributed by atoms with Crippen LogP contribution in [0.5, 0.6) is 0 Å². The van der Waals surface area contributed by atoms with Crippen molar-refractivity contribution in [1.82, 2.24) is 0 Å². The van der Waals surface area contributed by atoms with Gasteiger partial charge >= 0.3 is 80.6 Å². The quantitative estimate of drug-likeness (QED) is 0.443. The molecule has 0 heterocycles. The van der Waals surface area contributed by atoms with Crippen LogP contribution in [0.4, 0.5) is 0 Å². The summed E-state index contributed by atoms with van der Waals surface area (Å²) in [4.78, 5) is 0. The van der Waals surface area contributed by atoms with E-state index in [1.165, 1.54) is 0 Å². The van der Waals surface area contributed by atoms with E-state index < -0.39 is 0 Å². The molecule has 0 aliphatic carbocycles. The van der Waals surface area contributed by atoms with E-state index in [2.05, 4.69) is 0 Å². The molecule has 0 fully saturated rings. The fraction of sp³-hybridized carbons (Fsp3) is 0. The van der Waals surface area contributed by atoms with Gasteiger partial charge in [-0.2, -0.15) is 0 Å². The Morgan fingerprint density at radius 3 is 1.20 bits per heavy atom. The monoisotopic (exact) mass is 388 g/mol. The van der Waals surface area contributed by atoms with Gasteiger partial charge in [0.25, 0.3) is 0 Å². The third-order valence-electron chi connectivity index (χ3n) is 0. The minimum absolute atomic E-state index is 0. The number of hydrogen-bond acceptors (Lipinski definition) is 0. The summed E-state index contributed by atoms with van der Waals surface area (Å²) in [6, 6.07) is 0. The van der Waals surface area contributed by atoms with Gasteiger partial charge in [0.1, 0.15) is 0 Å². The molecule has 0 nitrogen and oxygen atoms in total. The van der Waals surface area contributed by atoms with Crippen molar-refractivity contribution in [1.29, 1.82) is 0 Å². The van der Waals surface area contributed by atoms with E-state index >= 15 is 0 Å². The summed E-state index contributed by atoms with van der Waals surface area (Å²) in [6.07, 6.45) is 0. The first kappa shape index (κ1) is 32.7. The molecule has 0 aromatic heterocycles. The molecule has 0 bridgehead atoms. The maximum absolute atomic E-state index is 0. The molecule has 0 saturated carbocycles. The van der Waals surface area contributed by atoms with Gasteiger partial charge < -0.3 is 5.71 Å². The average Bonchev–Trinajstić information content (AvgIpc) is 0. The van der Waals surface area contributed by atoms with Gasteiger partial charge in [-0.1, -0.05) is 0 Å². The van der Waals surface area contributed by atoms with Crippen LogP contribution < -0.4 is 0 Å². The molecule has 0 N–H and O–H groups in total.